The highest BCUT2D eigenvalue weighted by Gasteiger charge is 2.23. The number of likely N-dealkylation sites (tertiary alicyclic amines) is 1. The Balaban J connectivity index is 1.62. The van der Waals surface area contributed by atoms with Gasteiger partial charge in [0, 0.05) is 41.1 Å². The van der Waals surface area contributed by atoms with Gasteiger partial charge in [-0.05, 0) is 55.3 Å². The predicted molar refractivity (Wildman–Crippen MR) is 131 cm³/mol. The molecule has 0 aliphatic carbocycles. The standard InChI is InChI=1S/C22H27ClN2O3S3/c1-29-21-10-9-18(15-19(21)22(26)25-12-5-2-6-13-25)31(27,28)24-11-14-30-16-17-7-3-4-8-20(17)23/h3-4,7-10,15,24H,2,5-6,11-14,16H2,1H3. The first-order chi connectivity index (χ1) is 14.9. The highest BCUT2D eigenvalue weighted by molar-refractivity contribution is 7.98. The summed E-state index contributed by atoms with van der Waals surface area (Å²) in [6.07, 6.45) is 5.01. The summed E-state index contributed by atoms with van der Waals surface area (Å²) < 4.78 is 28.2. The quantitative estimate of drug-likeness (QED) is 0.393. The number of piperidine rings is 1. The molecule has 0 radical (unpaired) electrons. The van der Waals surface area contributed by atoms with Crippen LogP contribution in [0, 0.1) is 0 Å². The number of carbonyl (C=O) groups excluding carboxylic acids is 1. The van der Waals surface area contributed by atoms with Gasteiger partial charge in [-0.1, -0.05) is 29.8 Å². The molecule has 0 spiro atoms. The van der Waals surface area contributed by atoms with Crippen molar-refractivity contribution >= 4 is 51.1 Å². The van der Waals surface area contributed by atoms with Gasteiger partial charge >= 0.3 is 0 Å². The van der Waals surface area contributed by atoms with Crippen molar-refractivity contribution in [1.29, 1.82) is 0 Å². The Hall–Kier alpha value is -1.19. The molecule has 9 heteroatoms. The van der Waals surface area contributed by atoms with Gasteiger partial charge in [-0.25, -0.2) is 13.1 Å². The molecule has 0 saturated carbocycles. The minimum atomic E-state index is -3.69. The molecule has 2 aromatic carbocycles. The number of hydrogen-bond acceptors (Lipinski definition) is 5. The van der Waals surface area contributed by atoms with Crippen LogP contribution in [0.15, 0.2) is 52.3 Å². The molecule has 1 heterocycles. The molecule has 1 aliphatic rings. The summed E-state index contributed by atoms with van der Waals surface area (Å²) in [6, 6.07) is 12.4. The molecule has 2 aromatic rings. The predicted octanol–water partition coefficient (Wildman–Crippen LogP) is 4.90. The first-order valence-electron chi connectivity index (χ1n) is 10.2. The molecule has 5 nitrogen and oxygen atoms in total. The summed E-state index contributed by atoms with van der Waals surface area (Å²) in [6.45, 7) is 1.76. The zero-order valence-electron chi connectivity index (χ0n) is 17.5. The van der Waals surface area contributed by atoms with Crippen molar-refractivity contribution in [2.24, 2.45) is 0 Å². The van der Waals surface area contributed by atoms with Crippen LogP contribution in [0.1, 0.15) is 35.2 Å². The number of benzene rings is 2. The Bertz CT molecular complexity index is 1010. The molecule has 3 rings (SSSR count). The van der Waals surface area contributed by atoms with Crippen molar-refractivity contribution in [3.05, 3.63) is 58.6 Å². The number of rotatable bonds is 9. The third-order valence-corrected chi connectivity index (χ3v) is 8.74. The molecule has 1 N–H and O–H groups in total. The topological polar surface area (TPSA) is 66.5 Å². The third-order valence-electron chi connectivity index (χ3n) is 5.11. The molecule has 1 amide bonds. The fraction of sp³-hybridized carbons (Fsp3) is 0.409. The van der Waals surface area contributed by atoms with Gasteiger partial charge in [-0.3, -0.25) is 4.79 Å². The lowest BCUT2D eigenvalue weighted by atomic mass is 10.1. The summed E-state index contributed by atoms with van der Waals surface area (Å²) in [7, 11) is -3.69. The Morgan fingerprint density at radius 3 is 2.58 bits per heavy atom. The highest BCUT2D eigenvalue weighted by Crippen LogP contribution is 2.26. The zero-order chi connectivity index (χ0) is 22.3. The number of nitrogens with one attached hydrogen (secondary N) is 1. The normalized spacial score (nSPS) is 14.6. The van der Waals surface area contributed by atoms with Gasteiger partial charge < -0.3 is 4.90 Å². The second-order valence-electron chi connectivity index (χ2n) is 7.26. The lowest BCUT2D eigenvalue weighted by Gasteiger charge is -2.27. The maximum absolute atomic E-state index is 13.0. The third kappa shape index (κ3) is 6.65. The smallest absolute Gasteiger partial charge is 0.255 e. The second-order valence-corrected chi connectivity index (χ2v) is 11.4. The molecular weight excluding hydrogens is 472 g/mol. The van der Waals surface area contributed by atoms with Crippen molar-refractivity contribution in [1.82, 2.24) is 9.62 Å². The van der Waals surface area contributed by atoms with E-state index >= 15 is 0 Å². The number of amides is 1. The van der Waals surface area contributed by atoms with E-state index in [1.165, 1.54) is 17.8 Å². The molecule has 168 valence electrons. The monoisotopic (exact) mass is 498 g/mol. The van der Waals surface area contributed by atoms with E-state index < -0.39 is 10.0 Å². The Morgan fingerprint density at radius 2 is 1.87 bits per heavy atom. The van der Waals surface area contributed by atoms with Crippen LogP contribution in [0.3, 0.4) is 0 Å². The lowest BCUT2D eigenvalue weighted by Crippen LogP contribution is -2.36. The molecular formula is C22H27ClN2O3S3. The Kier molecular flexibility index (Phi) is 9.16. The first-order valence-corrected chi connectivity index (χ1v) is 14.4. The van der Waals surface area contributed by atoms with E-state index in [0.717, 1.165) is 53.6 Å². The van der Waals surface area contributed by atoms with Crippen LogP contribution in [-0.2, 0) is 15.8 Å². The number of thioether (sulfide) groups is 2. The number of carbonyl (C=O) groups is 1. The SMILES string of the molecule is CSc1ccc(S(=O)(=O)NCCSCc2ccccc2Cl)cc1C(=O)N1CCCCC1. The van der Waals surface area contributed by atoms with Crippen LogP contribution < -0.4 is 4.72 Å². The molecule has 1 fully saturated rings. The van der Waals surface area contributed by atoms with Crippen LogP contribution in [0.5, 0.6) is 0 Å². The van der Waals surface area contributed by atoms with Crippen LogP contribution in [0.25, 0.3) is 0 Å². The summed E-state index contributed by atoms with van der Waals surface area (Å²) in [4.78, 5) is 15.8. The van der Waals surface area contributed by atoms with Crippen LogP contribution in [0.4, 0.5) is 0 Å². The molecule has 0 unspecified atom stereocenters. The number of nitrogens with zero attached hydrogens (tertiary/aromatic N) is 1. The van der Waals surface area contributed by atoms with Gasteiger partial charge in [0.15, 0.2) is 0 Å². The summed E-state index contributed by atoms with van der Waals surface area (Å²) in [5.41, 5.74) is 1.50. The van der Waals surface area contributed by atoms with E-state index in [1.54, 1.807) is 23.9 Å². The summed E-state index contributed by atoms with van der Waals surface area (Å²) in [5, 5.41) is 0.718. The van der Waals surface area contributed by atoms with Crippen LogP contribution in [0.2, 0.25) is 5.02 Å². The summed E-state index contributed by atoms with van der Waals surface area (Å²) in [5.74, 6) is 1.25. The minimum absolute atomic E-state index is 0.0867. The van der Waals surface area contributed by atoms with E-state index in [-0.39, 0.29) is 10.8 Å². The van der Waals surface area contributed by atoms with Crippen molar-refractivity contribution < 1.29 is 13.2 Å². The van der Waals surface area contributed by atoms with Crippen LogP contribution >= 0.6 is 35.1 Å². The highest BCUT2D eigenvalue weighted by atomic mass is 35.5. The van der Waals surface area contributed by atoms with E-state index in [9.17, 15) is 13.2 Å². The van der Waals surface area contributed by atoms with Crippen LogP contribution in [-0.4, -0.2) is 50.9 Å². The van der Waals surface area contributed by atoms with Crippen molar-refractivity contribution in [3.8, 4) is 0 Å². The summed E-state index contributed by atoms with van der Waals surface area (Å²) >= 11 is 9.22. The van der Waals surface area contributed by atoms with Gasteiger partial charge in [0.05, 0.1) is 10.5 Å². The van der Waals surface area contributed by atoms with Crippen molar-refractivity contribution in [2.75, 3.05) is 31.6 Å². The molecule has 0 atom stereocenters. The second kappa shape index (κ2) is 11.6. The van der Waals surface area contributed by atoms with Gasteiger partial charge in [-0.15, -0.1) is 11.8 Å². The van der Waals surface area contributed by atoms with Gasteiger partial charge in [0.1, 0.15) is 0 Å². The molecule has 0 aromatic heterocycles. The molecule has 1 saturated heterocycles. The number of halogens is 1. The van der Waals surface area contributed by atoms with Gasteiger partial charge in [-0.2, -0.15) is 11.8 Å². The molecule has 0 bridgehead atoms. The number of sulfonamides is 1. The first kappa shape index (κ1) is 24.5. The maximum Gasteiger partial charge on any atom is 0.255 e. The minimum Gasteiger partial charge on any atom is -0.339 e. The zero-order valence-corrected chi connectivity index (χ0v) is 20.7. The Labute approximate surface area is 198 Å². The van der Waals surface area contributed by atoms with E-state index in [4.69, 9.17) is 11.6 Å². The fourth-order valence-electron chi connectivity index (χ4n) is 3.42. The fourth-order valence-corrected chi connectivity index (χ4v) is 6.32. The average Bonchev–Trinajstić information content (AvgIpc) is 2.79. The molecule has 31 heavy (non-hydrogen) atoms. The van der Waals surface area contributed by atoms with Gasteiger partial charge in [0.25, 0.3) is 5.91 Å². The maximum atomic E-state index is 13.0. The van der Waals surface area contributed by atoms with E-state index in [0.29, 0.717) is 17.9 Å². The van der Waals surface area contributed by atoms with E-state index in [2.05, 4.69) is 4.72 Å². The average molecular weight is 499 g/mol. The van der Waals surface area contributed by atoms with Crippen molar-refractivity contribution in [2.45, 2.75) is 34.8 Å². The van der Waals surface area contributed by atoms with Crippen molar-refractivity contribution in [3.63, 3.8) is 0 Å². The Morgan fingerprint density at radius 1 is 1.13 bits per heavy atom. The number of hydrogen-bond donors (Lipinski definition) is 1. The largest absolute Gasteiger partial charge is 0.339 e. The van der Waals surface area contributed by atoms with E-state index in [1.807, 2.05) is 35.4 Å². The molecule has 1 aliphatic heterocycles. The lowest BCUT2D eigenvalue weighted by molar-refractivity contribution is 0.0720. The van der Waals surface area contributed by atoms with Gasteiger partial charge in [0.2, 0.25) is 10.0 Å².